The molecule has 1 aliphatic heterocycles. The number of halogens is 1. The van der Waals surface area contributed by atoms with Crippen LogP contribution in [0.3, 0.4) is 0 Å². The van der Waals surface area contributed by atoms with Crippen LogP contribution in [0.2, 0.25) is 0 Å². The van der Waals surface area contributed by atoms with Crippen LogP contribution in [-0.4, -0.2) is 54.6 Å². The van der Waals surface area contributed by atoms with Crippen LogP contribution >= 0.6 is 0 Å². The number of primary amides is 1. The smallest absolute Gasteiger partial charge is 0.284 e. The van der Waals surface area contributed by atoms with Crippen molar-refractivity contribution in [3.05, 3.63) is 64.0 Å². The molecule has 1 fully saturated rings. The topological polar surface area (TPSA) is 139 Å². The summed E-state index contributed by atoms with van der Waals surface area (Å²) in [7, 11) is 1.51. The predicted octanol–water partition coefficient (Wildman–Crippen LogP) is 1.38. The number of benzene rings is 2. The largest absolute Gasteiger partial charge is 0.497 e. The van der Waals surface area contributed by atoms with E-state index in [4.69, 9.17) is 29.9 Å². The molecule has 4 rings (SSSR count). The number of methoxy groups -OCH3 is 1. The highest BCUT2D eigenvalue weighted by atomic mass is 19.1. The third kappa shape index (κ3) is 4.68. The number of hydrogen-bond donors (Lipinski definition) is 1. The van der Waals surface area contributed by atoms with Gasteiger partial charge in [-0.05, 0) is 29.8 Å². The van der Waals surface area contributed by atoms with Crippen LogP contribution in [0.15, 0.2) is 41.2 Å². The highest BCUT2D eigenvalue weighted by Crippen LogP contribution is 2.26. The molecule has 1 aliphatic rings. The molecule has 0 bridgehead atoms. The van der Waals surface area contributed by atoms with Gasteiger partial charge in [0.05, 0.1) is 38.5 Å². The third-order valence-corrected chi connectivity index (χ3v) is 5.25. The molecule has 2 aromatic carbocycles. The summed E-state index contributed by atoms with van der Waals surface area (Å²) in [5, 5.41) is 8.73. The number of nitrogens with zero attached hydrogens (tertiary/aromatic N) is 3. The first-order valence-corrected chi connectivity index (χ1v) is 10.3. The van der Waals surface area contributed by atoms with Crippen LogP contribution in [0.1, 0.15) is 16.2 Å². The summed E-state index contributed by atoms with van der Waals surface area (Å²) in [6.45, 7) is -0.0441. The summed E-state index contributed by atoms with van der Waals surface area (Å²) >= 11 is 0. The molecule has 11 heteroatoms. The summed E-state index contributed by atoms with van der Waals surface area (Å²) in [5.74, 6) is -1.73. The minimum atomic E-state index is -0.909. The minimum absolute atomic E-state index is 0.0532. The molecule has 34 heavy (non-hydrogen) atoms. The van der Waals surface area contributed by atoms with Crippen LogP contribution < -0.4 is 20.8 Å². The molecule has 1 aromatic heterocycles. The van der Waals surface area contributed by atoms with E-state index in [1.54, 1.807) is 24.3 Å². The van der Waals surface area contributed by atoms with Gasteiger partial charge in [0, 0.05) is 0 Å². The highest BCUT2D eigenvalue weighted by molar-refractivity contribution is 5.93. The van der Waals surface area contributed by atoms with Crippen LogP contribution in [0.25, 0.3) is 10.9 Å². The van der Waals surface area contributed by atoms with Gasteiger partial charge in [-0.15, -0.1) is 0 Å². The Hall–Kier alpha value is -4.01. The molecule has 0 radical (unpaired) electrons. The first-order valence-electron chi connectivity index (χ1n) is 10.3. The second-order valence-electron chi connectivity index (χ2n) is 7.53. The van der Waals surface area contributed by atoms with Crippen molar-refractivity contribution in [1.29, 1.82) is 5.26 Å². The molecular formula is C23H21FN4O6. The zero-order valence-corrected chi connectivity index (χ0v) is 18.2. The fourth-order valence-corrected chi connectivity index (χ4v) is 3.57. The predicted molar refractivity (Wildman–Crippen MR) is 117 cm³/mol. The summed E-state index contributed by atoms with van der Waals surface area (Å²) in [5.41, 5.74) is 5.49. The van der Waals surface area contributed by atoms with Gasteiger partial charge >= 0.3 is 0 Å². The third-order valence-electron chi connectivity index (χ3n) is 5.25. The summed E-state index contributed by atoms with van der Waals surface area (Å²) in [4.78, 5) is 29.8. The van der Waals surface area contributed by atoms with Crippen molar-refractivity contribution < 1.29 is 28.1 Å². The number of hydrogen-bond acceptors (Lipinski definition) is 8. The van der Waals surface area contributed by atoms with Crippen LogP contribution in [-0.2, 0) is 16.0 Å². The number of nitrogens with two attached hydrogens (primary N) is 1. The van der Waals surface area contributed by atoms with Gasteiger partial charge in [-0.25, -0.2) is 9.37 Å². The fourth-order valence-electron chi connectivity index (χ4n) is 3.57. The lowest BCUT2D eigenvalue weighted by Gasteiger charge is -2.26. The maximum absolute atomic E-state index is 14.8. The number of carbonyl (C=O) groups excluding carboxylic acids is 1. The highest BCUT2D eigenvalue weighted by Gasteiger charge is 2.25. The quantitative estimate of drug-likeness (QED) is 0.549. The van der Waals surface area contributed by atoms with E-state index in [-0.39, 0.29) is 48.8 Å². The molecule has 10 nitrogen and oxygen atoms in total. The van der Waals surface area contributed by atoms with Gasteiger partial charge in [0.15, 0.2) is 17.7 Å². The average Bonchev–Trinajstić information content (AvgIpc) is 2.85. The van der Waals surface area contributed by atoms with E-state index in [1.165, 1.54) is 13.2 Å². The molecule has 2 unspecified atom stereocenters. The molecule has 1 amide bonds. The lowest BCUT2D eigenvalue weighted by molar-refractivity contribution is -0.124. The normalized spacial score (nSPS) is 17.8. The average molecular weight is 468 g/mol. The monoisotopic (exact) mass is 468 g/mol. The Balaban J connectivity index is 1.73. The van der Waals surface area contributed by atoms with Crippen molar-refractivity contribution in [2.75, 3.05) is 26.9 Å². The number of fused-ring (bicyclic) bond motifs is 1. The van der Waals surface area contributed by atoms with Crippen LogP contribution in [0.5, 0.6) is 11.5 Å². The van der Waals surface area contributed by atoms with Gasteiger partial charge in [-0.2, -0.15) is 5.26 Å². The zero-order valence-electron chi connectivity index (χ0n) is 18.2. The van der Waals surface area contributed by atoms with Gasteiger partial charge in [0.2, 0.25) is 5.82 Å². The summed E-state index contributed by atoms with van der Waals surface area (Å²) in [6.07, 6.45) is -1.23. The van der Waals surface area contributed by atoms with Crippen LogP contribution in [0, 0.1) is 17.1 Å². The number of rotatable bonds is 7. The standard InChI is InChI=1S/C23H21FN4O6/c1-31-14-4-2-3-13(7-14)9-28-22(21(26)29)27-18-6-5-17(24)20(19(18)23(28)30)34-12-16-11-32-15(8-25)10-33-16/h2-7,15-16H,9-12H2,1H3,(H2,26,29). The SMILES string of the molecule is COc1cccc(Cn2c(C(N)=O)nc3ccc(F)c(OCC4COC(C#N)CO4)c3c2=O)c1. The lowest BCUT2D eigenvalue weighted by atomic mass is 10.1. The molecule has 2 heterocycles. The zero-order chi connectivity index (χ0) is 24.2. The van der Waals surface area contributed by atoms with E-state index >= 15 is 0 Å². The number of amides is 1. The van der Waals surface area contributed by atoms with Crippen molar-refractivity contribution in [2.45, 2.75) is 18.8 Å². The van der Waals surface area contributed by atoms with E-state index in [0.717, 1.165) is 10.6 Å². The molecule has 0 spiro atoms. The van der Waals surface area contributed by atoms with Gasteiger partial charge in [-0.1, -0.05) is 12.1 Å². The molecule has 176 valence electrons. The van der Waals surface area contributed by atoms with Crippen molar-refractivity contribution >= 4 is 16.8 Å². The Kier molecular flexibility index (Phi) is 6.72. The Bertz CT molecular complexity index is 1330. The molecule has 3 aromatic rings. The minimum Gasteiger partial charge on any atom is -0.497 e. The molecule has 0 aliphatic carbocycles. The maximum Gasteiger partial charge on any atom is 0.284 e. The van der Waals surface area contributed by atoms with Gasteiger partial charge < -0.3 is 24.7 Å². The van der Waals surface area contributed by atoms with Crippen molar-refractivity contribution in [2.24, 2.45) is 5.73 Å². The number of nitriles is 1. The van der Waals surface area contributed by atoms with E-state index in [2.05, 4.69) is 4.98 Å². The van der Waals surface area contributed by atoms with E-state index < -0.39 is 29.5 Å². The Morgan fingerprint density at radius 2 is 2.15 bits per heavy atom. The van der Waals surface area contributed by atoms with Crippen molar-refractivity contribution in [3.63, 3.8) is 0 Å². The second-order valence-corrected chi connectivity index (χ2v) is 7.53. The molecule has 1 saturated heterocycles. The summed E-state index contributed by atoms with van der Waals surface area (Å²) < 4.78 is 37.5. The molecule has 2 N–H and O–H groups in total. The van der Waals surface area contributed by atoms with E-state index in [0.29, 0.717) is 11.3 Å². The number of carbonyl (C=O) groups is 1. The van der Waals surface area contributed by atoms with Gasteiger partial charge in [0.1, 0.15) is 23.8 Å². The first-order chi connectivity index (χ1) is 16.4. The molecule has 2 atom stereocenters. The number of aromatic nitrogens is 2. The van der Waals surface area contributed by atoms with Gasteiger partial charge in [-0.3, -0.25) is 14.2 Å². The van der Waals surface area contributed by atoms with Crippen LogP contribution in [0.4, 0.5) is 4.39 Å². The Morgan fingerprint density at radius 1 is 1.32 bits per heavy atom. The first kappa shape index (κ1) is 23.2. The summed E-state index contributed by atoms with van der Waals surface area (Å²) in [6, 6.07) is 11.2. The van der Waals surface area contributed by atoms with Crippen molar-refractivity contribution in [1.82, 2.24) is 9.55 Å². The molecular weight excluding hydrogens is 447 g/mol. The maximum atomic E-state index is 14.8. The Morgan fingerprint density at radius 3 is 2.82 bits per heavy atom. The fraction of sp³-hybridized carbons (Fsp3) is 0.304. The molecule has 0 saturated carbocycles. The lowest BCUT2D eigenvalue weighted by Crippen LogP contribution is -2.38. The van der Waals surface area contributed by atoms with Gasteiger partial charge in [0.25, 0.3) is 11.5 Å². The number of ether oxygens (including phenoxy) is 4. The van der Waals surface area contributed by atoms with E-state index in [9.17, 15) is 14.0 Å². The van der Waals surface area contributed by atoms with E-state index in [1.807, 2.05) is 6.07 Å². The Labute approximate surface area is 193 Å². The second kappa shape index (κ2) is 9.86. The van der Waals surface area contributed by atoms with Crippen molar-refractivity contribution in [3.8, 4) is 17.6 Å².